The standard InChI is InChI=1S/C15H30N2O/c1-3-13-7-6-9-15(13,12-16)17(2)11-14-8-4-5-10-18-14/h13-14H,3-12,16H2,1-2H3. The lowest BCUT2D eigenvalue weighted by Gasteiger charge is -2.44. The lowest BCUT2D eigenvalue weighted by molar-refractivity contribution is -0.0305. The van der Waals surface area contributed by atoms with Crippen LogP contribution >= 0.6 is 0 Å². The quantitative estimate of drug-likeness (QED) is 0.819. The predicted octanol–water partition coefficient (Wildman–Crippen LogP) is 2.39. The van der Waals surface area contributed by atoms with Crippen LogP contribution in [0.5, 0.6) is 0 Å². The molecule has 1 heterocycles. The van der Waals surface area contributed by atoms with E-state index in [2.05, 4.69) is 18.9 Å². The Hall–Kier alpha value is -0.120. The fraction of sp³-hybridized carbons (Fsp3) is 1.00. The molecule has 106 valence electrons. The summed E-state index contributed by atoms with van der Waals surface area (Å²) in [5.41, 5.74) is 6.40. The van der Waals surface area contributed by atoms with Gasteiger partial charge in [0.1, 0.15) is 0 Å². The van der Waals surface area contributed by atoms with Crippen molar-refractivity contribution in [2.75, 3.05) is 26.7 Å². The molecule has 1 saturated carbocycles. The van der Waals surface area contributed by atoms with Gasteiger partial charge in [0.15, 0.2) is 0 Å². The first kappa shape index (κ1) is 14.3. The van der Waals surface area contributed by atoms with Crippen molar-refractivity contribution in [3.63, 3.8) is 0 Å². The number of ether oxygens (including phenoxy) is 1. The van der Waals surface area contributed by atoms with Crippen molar-refractivity contribution in [2.45, 2.75) is 63.5 Å². The molecule has 3 unspecified atom stereocenters. The van der Waals surface area contributed by atoms with E-state index < -0.39 is 0 Å². The van der Waals surface area contributed by atoms with Gasteiger partial charge in [0.2, 0.25) is 0 Å². The molecule has 3 atom stereocenters. The molecule has 1 aliphatic carbocycles. The predicted molar refractivity (Wildman–Crippen MR) is 75.6 cm³/mol. The van der Waals surface area contributed by atoms with Gasteiger partial charge in [0, 0.05) is 25.2 Å². The van der Waals surface area contributed by atoms with E-state index in [0.717, 1.165) is 25.6 Å². The highest BCUT2D eigenvalue weighted by Crippen LogP contribution is 2.41. The zero-order valence-corrected chi connectivity index (χ0v) is 12.2. The van der Waals surface area contributed by atoms with Gasteiger partial charge >= 0.3 is 0 Å². The Morgan fingerprint density at radius 2 is 2.11 bits per heavy atom. The normalized spacial score (nSPS) is 37.3. The molecule has 0 aromatic carbocycles. The van der Waals surface area contributed by atoms with Crippen LogP contribution in [0, 0.1) is 5.92 Å². The van der Waals surface area contributed by atoms with Crippen molar-refractivity contribution >= 4 is 0 Å². The summed E-state index contributed by atoms with van der Waals surface area (Å²) in [6.07, 6.45) is 9.44. The van der Waals surface area contributed by atoms with Crippen molar-refractivity contribution in [1.29, 1.82) is 0 Å². The highest BCUT2D eigenvalue weighted by atomic mass is 16.5. The molecule has 0 spiro atoms. The van der Waals surface area contributed by atoms with Crippen LogP contribution in [0.1, 0.15) is 51.9 Å². The monoisotopic (exact) mass is 254 g/mol. The number of hydrogen-bond donors (Lipinski definition) is 1. The largest absolute Gasteiger partial charge is 0.377 e. The van der Waals surface area contributed by atoms with E-state index in [9.17, 15) is 0 Å². The average molecular weight is 254 g/mol. The maximum absolute atomic E-state index is 6.16. The molecular weight excluding hydrogens is 224 g/mol. The summed E-state index contributed by atoms with van der Waals surface area (Å²) >= 11 is 0. The minimum absolute atomic E-state index is 0.246. The van der Waals surface area contributed by atoms with Crippen molar-refractivity contribution < 1.29 is 4.74 Å². The first-order valence-electron chi connectivity index (χ1n) is 7.76. The minimum Gasteiger partial charge on any atom is -0.377 e. The van der Waals surface area contributed by atoms with E-state index in [1.807, 2.05) is 0 Å². The summed E-state index contributed by atoms with van der Waals surface area (Å²) in [5.74, 6) is 0.774. The average Bonchev–Trinajstić information content (AvgIpc) is 2.84. The van der Waals surface area contributed by atoms with Gasteiger partial charge in [0.05, 0.1) is 6.10 Å². The molecule has 0 amide bonds. The molecule has 1 saturated heterocycles. The summed E-state index contributed by atoms with van der Waals surface area (Å²) in [6, 6.07) is 0. The van der Waals surface area contributed by atoms with Crippen LogP contribution in [0.3, 0.4) is 0 Å². The number of likely N-dealkylation sites (N-methyl/N-ethyl adjacent to an activating group) is 1. The second kappa shape index (κ2) is 6.36. The van der Waals surface area contributed by atoms with Gasteiger partial charge in [-0.3, -0.25) is 4.90 Å². The van der Waals surface area contributed by atoms with Crippen LogP contribution in [0.15, 0.2) is 0 Å². The van der Waals surface area contributed by atoms with Crippen molar-refractivity contribution in [2.24, 2.45) is 11.7 Å². The molecule has 1 aliphatic heterocycles. The SMILES string of the molecule is CCC1CCCC1(CN)N(C)CC1CCCCO1. The zero-order valence-electron chi connectivity index (χ0n) is 12.2. The third-order valence-corrected chi connectivity index (χ3v) is 5.28. The summed E-state index contributed by atoms with van der Waals surface area (Å²) in [6.45, 7) is 5.12. The molecule has 2 aliphatic rings. The van der Waals surface area contributed by atoms with Crippen LogP contribution in [-0.2, 0) is 4.74 Å². The molecular formula is C15H30N2O. The summed E-state index contributed by atoms with van der Waals surface area (Å²) in [5, 5.41) is 0. The zero-order chi connectivity index (χ0) is 13.0. The van der Waals surface area contributed by atoms with Gasteiger partial charge in [-0.05, 0) is 45.1 Å². The van der Waals surface area contributed by atoms with Crippen LogP contribution < -0.4 is 5.73 Å². The van der Waals surface area contributed by atoms with Crippen molar-refractivity contribution in [3.05, 3.63) is 0 Å². The molecule has 0 aromatic heterocycles. The fourth-order valence-corrected chi connectivity index (χ4v) is 4.08. The Labute approximate surface area is 112 Å². The maximum Gasteiger partial charge on any atom is 0.0702 e. The smallest absolute Gasteiger partial charge is 0.0702 e. The number of nitrogens with zero attached hydrogens (tertiary/aromatic N) is 1. The van der Waals surface area contributed by atoms with Crippen molar-refractivity contribution in [1.82, 2.24) is 4.90 Å². The highest BCUT2D eigenvalue weighted by Gasteiger charge is 2.44. The third-order valence-electron chi connectivity index (χ3n) is 5.28. The van der Waals surface area contributed by atoms with E-state index in [-0.39, 0.29) is 5.54 Å². The fourth-order valence-electron chi connectivity index (χ4n) is 4.08. The van der Waals surface area contributed by atoms with Gasteiger partial charge in [0.25, 0.3) is 0 Å². The van der Waals surface area contributed by atoms with Gasteiger partial charge in [-0.1, -0.05) is 19.8 Å². The van der Waals surface area contributed by atoms with Gasteiger partial charge in [-0.2, -0.15) is 0 Å². The molecule has 3 heteroatoms. The summed E-state index contributed by atoms with van der Waals surface area (Å²) in [7, 11) is 2.26. The Morgan fingerprint density at radius 1 is 1.28 bits per heavy atom. The van der Waals surface area contributed by atoms with E-state index in [1.165, 1.54) is 44.9 Å². The van der Waals surface area contributed by atoms with Crippen LogP contribution in [-0.4, -0.2) is 43.3 Å². The molecule has 2 fully saturated rings. The number of hydrogen-bond acceptors (Lipinski definition) is 3. The number of nitrogens with two attached hydrogens (primary N) is 1. The molecule has 0 aromatic rings. The van der Waals surface area contributed by atoms with Gasteiger partial charge in [-0.15, -0.1) is 0 Å². The first-order chi connectivity index (χ1) is 8.73. The first-order valence-corrected chi connectivity index (χ1v) is 7.76. The van der Waals surface area contributed by atoms with Crippen LogP contribution in [0.25, 0.3) is 0 Å². The number of rotatable bonds is 5. The van der Waals surface area contributed by atoms with Gasteiger partial charge in [-0.25, -0.2) is 0 Å². The summed E-state index contributed by atoms with van der Waals surface area (Å²) in [4.78, 5) is 2.53. The van der Waals surface area contributed by atoms with E-state index in [1.54, 1.807) is 0 Å². The minimum atomic E-state index is 0.246. The molecule has 2 rings (SSSR count). The Bertz CT molecular complexity index is 253. The third kappa shape index (κ3) is 2.73. The Kier molecular flexibility index (Phi) is 5.05. The molecule has 0 radical (unpaired) electrons. The summed E-state index contributed by atoms with van der Waals surface area (Å²) < 4.78 is 5.88. The van der Waals surface area contributed by atoms with Crippen molar-refractivity contribution in [3.8, 4) is 0 Å². The maximum atomic E-state index is 6.16. The van der Waals surface area contributed by atoms with E-state index >= 15 is 0 Å². The molecule has 0 bridgehead atoms. The Morgan fingerprint density at radius 3 is 2.72 bits per heavy atom. The second-order valence-corrected chi connectivity index (χ2v) is 6.17. The van der Waals surface area contributed by atoms with E-state index in [4.69, 9.17) is 10.5 Å². The highest BCUT2D eigenvalue weighted by molar-refractivity contribution is 5.01. The Balaban J connectivity index is 1.97. The van der Waals surface area contributed by atoms with Gasteiger partial charge < -0.3 is 10.5 Å². The van der Waals surface area contributed by atoms with E-state index in [0.29, 0.717) is 6.10 Å². The lowest BCUT2D eigenvalue weighted by atomic mass is 9.83. The molecule has 2 N–H and O–H groups in total. The van der Waals surface area contributed by atoms with Crippen LogP contribution in [0.4, 0.5) is 0 Å². The lowest BCUT2D eigenvalue weighted by Crippen LogP contribution is -2.56. The van der Waals surface area contributed by atoms with Crippen LogP contribution in [0.2, 0.25) is 0 Å². The second-order valence-electron chi connectivity index (χ2n) is 6.17. The molecule has 18 heavy (non-hydrogen) atoms. The topological polar surface area (TPSA) is 38.5 Å². The molecule has 3 nitrogen and oxygen atoms in total.